The molecule has 2 N–H and O–H groups in total. The van der Waals surface area contributed by atoms with Gasteiger partial charge in [-0.3, -0.25) is 4.79 Å². The SMILES string of the molecule is CCN(CC1CC1)C(=O)c1cc(N)ncc1Cl. The second-order valence-corrected chi connectivity index (χ2v) is 4.78. The predicted molar refractivity (Wildman–Crippen MR) is 68.0 cm³/mol. The molecule has 0 spiro atoms. The highest BCUT2D eigenvalue weighted by atomic mass is 35.5. The van der Waals surface area contributed by atoms with Gasteiger partial charge in [0.15, 0.2) is 0 Å². The van der Waals surface area contributed by atoms with E-state index in [2.05, 4.69) is 4.98 Å². The summed E-state index contributed by atoms with van der Waals surface area (Å²) in [5.41, 5.74) is 6.03. The van der Waals surface area contributed by atoms with E-state index in [4.69, 9.17) is 17.3 Å². The Labute approximate surface area is 106 Å². The lowest BCUT2D eigenvalue weighted by molar-refractivity contribution is 0.0757. The van der Waals surface area contributed by atoms with Crippen molar-refractivity contribution < 1.29 is 4.79 Å². The second kappa shape index (κ2) is 4.92. The molecule has 1 saturated carbocycles. The summed E-state index contributed by atoms with van der Waals surface area (Å²) in [5, 5.41) is 0.360. The van der Waals surface area contributed by atoms with Crippen molar-refractivity contribution in [2.24, 2.45) is 5.92 Å². The van der Waals surface area contributed by atoms with Crippen LogP contribution in [0.25, 0.3) is 0 Å². The Hall–Kier alpha value is -1.29. The second-order valence-electron chi connectivity index (χ2n) is 4.38. The Kier molecular flexibility index (Phi) is 3.52. The van der Waals surface area contributed by atoms with Gasteiger partial charge in [-0.25, -0.2) is 4.98 Å². The first-order valence-electron chi connectivity index (χ1n) is 5.82. The maximum absolute atomic E-state index is 12.3. The number of nitrogens with zero attached hydrogens (tertiary/aromatic N) is 2. The molecule has 1 aliphatic carbocycles. The summed E-state index contributed by atoms with van der Waals surface area (Å²) in [6, 6.07) is 1.54. The summed E-state index contributed by atoms with van der Waals surface area (Å²) >= 11 is 5.98. The highest BCUT2D eigenvalue weighted by Crippen LogP contribution is 2.30. The first-order chi connectivity index (χ1) is 8.11. The fraction of sp³-hybridized carbons (Fsp3) is 0.500. The van der Waals surface area contributed by atoms with Crippen LogP contribution < -0.4 is 5.73 Å². The molecule has 0 radical (unpaired) electrons. The fourth-order valence-electron chi connectivity index (χ4n) is 1.76. The third kappa shape index (κ3) is 2.88. The van der Waals surface area contributed by atoms with Gasteiger partial charge < -0.3 is 10.6 Å². The van der Waals surface area contributed by atoms with Crippen molar-refractivity contribution >= 4 is 23.3 Å². The number of aromatic nitrogens is 1. The monoisotopic (exact) mass is 253 g/mol. The molecule has 0 unspecified atom stereocenters. The van der Waals surface area contributed by atoms with Crippen molar-refractivity contribution in [1.29, 1.82) is 0 Å². The predicted octanol–water partition coefficient (Wildman–Crippen LogP) is 2.19. The number of hydrogen-bond donors (Lipinski definition) is 1. The van der Waals surface area contributed by atoms with Crippen LogP contribution in [0.5, 0.6) is 0 Å². The summed E-state index contributed by atoms with van der Waals surface area (Å²) in [6.07, 6.45) is 3.86. The number of pyridine rings is 1. The number of halogens is 1. The molecule has 17 heavy (non-hydrogen) atoms. The number of nitrogens with two attached hydrogens (primary N) is 1. The van der Waals surface area contributed by atoms with Gasteiger partial charge in [0, 0.05) is 19.3 Å². The normalized spacial score (nSPS) is 14.7. The van der Waals surface area contributed by atoms with E-state index in [-0.39, 0.29) is 5.91 Å². The van der Waals surface area contributed by atoms with Crippen LogP contribution in [0.2, 0.25) is 5.02 Å². The number of hydrogen-bond acceptors (Lipinski definition) is 3. The molecule has 0 atom stereocenters. The molecule has 1 aromatic rings. The van der Waals surface area contributed by atoms with Gasteiger partial charge in [-0.05, 0) is 31.7 Å². The van der Waals surface area contributed by atoms with E-state index in [1.165, 1.54) is 19.0 Å². The van der Waals surface area contributed by atoms with E-state index >= 15 is 0 Å². The van der Waals surface area contributed by atoms with E-state index in [1.54, 1.807) is 6.07 Å². The third-order valence-corrected chi connectivity index (χ3v) is 3.25. The van der Waals surface area contributed by atoms with E-state index in [9.17, 15) is 4.79 Å². The molecule has 0 aromatic carbocycles. The largest absolute Gasteiger partial charge is 0.384 e. The number of carbonyl (C=O) groups excluding carboxylic acids is 1. The van der Waals surface area contributed by atoms with Crippen molar-refractivity contribution in [1.82, 2.24) is 9.88 Å². The number of anilines is 1. The molecule has 1 fully saturated rings. The van der Waals surface area contributed by atoms with Crippen LogP contribution in [0.3, 0.4) is 0 Å². The highest BCUT2D eigenvalue weighted by Gasteiger charge is 2.27. The topological polar surface area (TPSA) is 59.2 Å². The molecule has 4 nitrogen and oxygen atoms in total. The van der Waals surface area contributed by atoms with Crippen molar-refractivity contribution in [3.05, 3.63) is 22.8 Å². The zero-order valence-electron chi connectivity index (χ0n) is 9.82. The van der Waals surface area contributed by atoms with E-state index < -0.39 is 0 Å². The molecular weight excluding hydrogens is 238 g/mol. The minimum Gasteiger partial charge on any atom is -0.384 e. The van der Waals surface area contributed by atoms with Gasteiger partial charge >= 0.3 is 0 Å². The zero-order valence-corrected chi connectivity index (χ0v) is 10.6. The Morgan fingerprint density at radius 3 is 2.94 bits per heavy atom. The Bertz CT molecular complexity index is 432. The van der Waals surface area contributed by atoms with E-state index in [0.717, 1.165) is 6.54 Å². The van der Waals surface area contributed by atoms with Gasteiger partial charge in [-0.2, -0.15) is 0 Å². The van der Waals surface area contributed by atoms with E-state index in [1.807, 2.05) is 11.8 Å². The summed E-state index contributed by atoms with van der Waals surface area (Å²) in [7, 11) is 0. The number of amides is 1. The van der Waals surface area contributed by atoms with Crippen molar-refractivity contribution in [3.63, 3.8) is 0 Å². The minimum absolute atomic E-state index is 0.0569. The smallest absolute Gasteiger partial charge is 0.255 e. The maximum Gasteiger partial charge on any atom is 0.255 e. The van der Waals surface area contributed by atoms with E-state index in [0.29, 0.717) is 28.9 Å². The highest BCUT2D eigenvalue weighted by molar-refractivity contribution is 6.33. The average Bonchev–Trinajstić information content (AvgIpc) is 3.12. The molecule has 92 valence electrons. The van der Waals surface area contributed by atoms with Gasteiger partial charge in [0.05, 0.1) is 10.6 Å². The van der Waals surface area contributed by atoms with Crippen LogP contribution >= 0.6 is 11.6 Å². The van der Waals surface area contributed by atoms with Crippen molar-refractivity contribution in [2.75, 3.05) is 18.8 Å². The van der Waals surface area contributed by atoms with Gasteiger partial charge in [-0.15, -0.1) is 0 Å². The van der Waals surface area contributed by atoms with Crippen molar-refractivity contribution in [3.8, 4) is 0 Å². The molecule has 1 heterocycles. The fourth-order valence-corrected chi connectivity index (χ4v) is 1.94. The average molecular weight is 254 g/mol. The quantitative estimate of drug-likeness (QED) is 0.895. The zero-order chi connectivity index (χ0) is 12.4. The molecule has 0 aliphatic heterocycles. The summed E-state index contributed by atoms with van der Waals surface area (Å²) < 4.78 is 0. The first-order valence-corrected chi connectivity index (χ1v) is 6.20. The standard InChI is InChI=1S/C12H16ClN3O/c1-2-16(7-8-3-4-8)12(17)9-5-11(14)15-6-10(9)13/h5-6,8H,2-4,7H2,1H3,(H2,14,15). The maximum atomic E-state index is 12.3. The molecule has 2 rings (SSSR count). The first kappa shape index (κ1) is 12.2. The molecule has 1 amide bonds. The lowest BCUT2D eigenvalue weighted by Crippen LogP contribution is -2.33. The number of rotatable bonds is 4. The van der Waals surface area contributed by atoms with Gasteiger partial charge in [-0.1, -0.05) is 11.6 Å². The summed E-state index contributed by atoms with van der Waals surface area (Å²) in [4.78, 5) is 17.9. The molecule has 0 bridgehead atoms. The van der Waals surface area contributed by atoms with Gasteiger partial charge in [0.1, 0.15) is 5.82 Å². The van der Waals surface area contributed by atoms with Crippen LogP contribution in [-0.2, 0) is 0 Å². The lowest BCUT2D eigenvalue weighted by atomic mass is 10.2. The molecule has 1 aliphatic rings. The molecule has 5 heteroatoms. The van der Waals surface area contributed by atoms with Crippen LogP contribution in [0, 0.1) is 5.92 Å². The lowest BCUT2D eigenvalue weighted by Gasteiger charge is -2.21. The Morgan fingerprint density at radius 2 is 2.35 bits per heavy atom. The Morgan fingerprint density at radius 1 is 1.65 bits per heavy atom. The number of nitrogen functional groups attached to an aromatic ring is 1. The minimum atomic E-state index is -0.0569. The third-order valence-electron chi connectivity index (χ3n) is 2.95. The molecule has 0 saturated heterocycles. The van der Waals surface area contributed by atoms with Crippen molar-refractivity contribution in [2.45, 2.75) is 19.8 Å². The van der Waals surface area contributed by atoms with Crippen LogP contribution in [-0.4, -0.2) is 28.9 Å². The van der Waals surface area contributed by atoms with Crippen LogP contribution in [0.1, 0.15) is 30.1 Å². The van der Waals surface area contributed by atoms with Crippen LogP contribution in [0.4, 0.5) is 5.82 Å². The molecule has 1 aromatic heterocycles. The summed E-state index contributed by atoms with van der Waals surface area (Å²) in [5.74, 6) is 0.926. The van der Waals surface area contributed by atoms with Crippen LogP contribution in [0.15, 0.2) is 12.3 Å². The van der Waals surface area contributed by atoms with Gasteiger partial charge in [0.2, 0.25) is 0 Å². The van der Waals surface area contributed by atoms with Gasteiger partial charge in [0.25, 0.3) is 5.91 Å². The number of carbonyl (C=O) groups is 1. The Balaban J connectivity index is 2.18. The molecular formula is C12H16ClN3O. The summed E-state index contributed by atoms with van der Waals surface area (Å²) in [6.45, 7) is 3.47.